The second-order valence-corrected chi connectivity index (χ2v) is 5.81. The van der Waals surface area contributed by atoms with Crippen molar-refractivity contribution in [1.29, 1.82) is 0 Å². The second-order valence-electron chi connectivity index (χ2n) is 5.81. The van der Waals surface area contributed by atoms with Crippen LogP contribution in [-0.2, 0) is 4.79 Å². The third-order valence-corrected chi connectivity index (χ3v) is 4.37. The molecule has 0 saturated carbocycles. The van der Waals surface area contributed by atoms with E-state index in [-0.39, 0.29) is 18.1 Å². The number of hydrogen-bond donors (Lipinski definition) is 1. The fourth-order valence-corrected chi connectivity index (χ4v) is 3.07. The first-order valence-corrected chi connectivity index (χ1v) is 7.58. The summed E-state index contributed by atoms with van der Waals surface area (Å²) in [5, 5.41) is 3.21. The van der Waals surface area contributed by atoms with E-state index >= 15 is 0 Å². The molecule has 21 heavy (non-hydrogen) atoms. The maximum atomic E-state index is 14.9. The quantitative estimate of drug-likeness (QED) is 0.923. The van der Waals surface area contributed by atoms with Gasteiger partial charge in [-0.25, -0.2) is 4.39 Å². The van der Waals surface area contributed by atoms with Crippen LogP contribution >= 0.6 is 0 Å². The number of benzene rings is 1. The van der Waals surface area contributed by atoms with Gasteiger partial charge in [0.15, 0.2) is 11.5 Å². The van der Waals surface area contributed by atoms with Gasteiger partial charge < -0.3 is 5.32 Å². The predicted molar refractivity (Wildman–Crippen MR) is 82.6 cm³/mol. The van der Waals surface area contributed by atoms with Gasteiger partial charge in [0.1, 0.15) is 0 Å². The Balaban J connectivity index is 1.73. The molecule has 3 heteroatoms. The summed E-state index contributed by atoms with van der Waals surface area (Å²) in [5.41, 5.74) is 0.229. The Bertz CT molecular complexity index is 572. The van der Waals surface area contributed by atoms with Crippen LogP contribution in [0.5, 0.6) is 0 Å². The van der Waals surface area contributed by atoms with Crippen molar-refractivity contribution in [3.63, 3.8) is 0 Å². The first kappa shape index (κ1) is 14.2. The minimum absolute atomic E-state index is 0.146. The summed E-state index contributed by atoms with van der Waals surface area (Å²) in [5.74, 6) is -0.392. The molecule has 0 amide bonds. The second kappa shape index (κ2) is 5.94. The van der Waals surface area contributed by atoms with Gasteiger partial charge in [-0.3, -0.25) is 4.79 Å². The van der Waals surface area contributed by atoms with E-state index in [4.69, 9.17) is 0 Å². The third-order valence-electron chi connectivity index (χ3n) is 4.37. The Labute approximate surface area is 124 Å². The Morgan fingerprint density at radius 2 is 1.90 bits per heavy atom. The van der Waals surface area contributed by atoms with Crippen molar-refractivity contribution in [2.45, 2.75) is 24.9 Å². The molecule has 1 heterocycles. The summed E-state index contributed by atoms with van der Waals surface area (Å²) >= 11 is 0. The molecule has 1 aliphatic heterocycles. The molecule has 2 nitrogen and oxygen atoms in total. The van der Waals surface area contributed by atoms with Gasteiger partial charge in [-0.05, 0) is 43.1 Å². The number of carbonyl (C=O) groups is 1. The number of Topliss-reactive ketones (excluding diaryl/α,β-unsaturated/α-hetero) is 1. The van der Waals surface area contributed by atoms with Crippen LogP contribution in [-0.4, -0.2) is 24.5 Å². The maximum Gasteiger partial charge on any atom is 0.190 e. The van der Waals surface area contributed by atoms with Crippen molar-refractivity contribution < 1.29 is 9.18 Å². The predicted octanol–water partition coefficient (Wildman–Crippen LogP) is 3.31. The van der Waals surface area contributed by atoms with Crippen molar-refractivity contribution in [1.82, 2.24) is 5.32 Å². The van der Waals surface area contributed by atoms with Gasteiger partial charge in [0.25, 0.3) is 0 Å². The Morgan fingerprint density at radius 1 is 1.19 bits per heavy atom. The lowest BCUT2D eigenvalue weighted by Crippen LogP contribution is -2.42. The first-order chi connectivity index (χ1) is 10.2. The zero-order valence-corrected chi connectivity index (χ0v) is 12.0. The van der Waals surface area contributed by atoms with Gasteiger partial charge in [0.2, 0.25) is 0 Å². The summed E-state index contributed by atoms with van der Waals surface area (Å²) in [7, 11) is 0. The molecule has 110 valence electrons. The fourth-order valence-electron chi connectivity index (χ4n) is 3.07. The average molecular weight is 285 g/mol. The van der Waals surface area contributed by atoms with Crippen LogP contribution in [0.3, 0.4) is 0 Å². The molecule has 1 N–H and O–H groups in total. The lowest BCUT2D eigenvalue weighted by molar-refractivity contribution is -0.132. The highest BCUT2D eigenvalue weighted by Crippen LogP contribution is 2.34. The van der Waals surface area contributed by atoms with Crippen molar-refractivity contribution in [2.24, 2.45) is 5.92 Å². The van der Waals surface area contributed by atoms with E-state index in [0.717, 1.165) is 37.1 Å². The van der Waals surface area contributed by atoms with Crippen LogP contribution in [0, 0.1) is 5.92 Å². The zero-order chi connectivity index (χ0) is 14.7. The number of halogens is 1. The molecule has 1 aliphatic carbocycles. The van der Waals surface area contributed by atoms with Crippen LogP contribution in [0.1, 0.15) is 24.8 Å². The Morgan fingerprint density at radius 3 is 2.52 bits per heavy atom. The number of allylic oxidation sites excluding steroid dienone is 4. The fraction of sp³-hybridized carbons (Fsp3) is 0.389. The molecule has 1 fully saturated rings. The molecule has 1 saturated heterocycles. The molecular weight excluding hydrogens is 265 g/mol. The van der Waals surface area contributed by atoms with Crippen LogP contribution in [0.25, 0.3) is 5.57 Å². The topological polar surface area (TPSA) is 29.1 Å². The lowest BCUT2D eigenvalue weighted by atomic mass is 9.80. The van der Waals surface area contributed by atoms with Crippen LogP contribution in [0.15, 0.2) is 48.6 Å². The molecule has 0 bridgehead atoms. The molecule has 2 aliphatic rings. The molecule has 3 rings (SSSR count). The van der Waals surface area contributed by atoms with Gasteiger partial charge in [-0.2, -0.15) is 0 Å². The number of nitrogens with one attached hydrogen (secondary N) is 1. The van der Waals surface area contributed by atoms with Gasteiger partial charge >= 0.3 is 0 Å². The van der Waals surface area contributed by atoms with Gasteiger partial charge in [0, 0.05) is 12.3 Å². The van der Waals surface area contributed by atoms with E-state index in [2.05, 4.69) is 5.32 Å². The number of ketones is 1. The highest BCUT2D eigenvalue weighted by Gasteiger charge is 2.40. The average Bonchev–Trinajstić information content (AvgIpc) is 2.56. The van der Waals surface area contributed by atoms with Crippen molar-refractivity contribution in [2.75, 3.05) is 13.1 Å². The summed E-state index contributed by atoms with van der Waals surface area (Å²) in [4.78, 5) is 12.4. The van der Waals surface area contributed by atoms with Gasteiger partial charge in [0.05, 0.1) is 0 Å². The molecule has 1 unspecified atom stereocenters. The summed E-state index contributed by atoms with van der Waals surface area (Å²) in [6.07, 6.45) is 6.68. The molecule has 0 aromatic heterocycles. The van der Waals surface area contributed by atoms with Crippen LogP contribution in [0.4, 0.5) is 4.39 Å². The monoisotopic (exact) mass is 285 g/mol. The Kier molecular flexibility index (Phi) is 4.02. The van der Waals surface area contributed by atoms with E-state index in [1.165, 1.54) is 6.08 Å². The molecule has 0 radical (unpaired) electrons. The van der Waals surface area contributed by atoms with Gasteiger partial charge in [-0.15, -0.1) is 0 Å². The number of piperidine rings is 1. The van der Waals surface area contributed by atoms with Crippen LogP contribution < -0.4 is 5.32 Å². The maximum absolute atomic E-state index is 14.9. The lowest BCUT2D eigenvalue weighted by Gasteiger charge is -2.29. The number of alkyl halides is 1. The van der Waals surface area contributed by atoms with E-state index < -0.39 is 5.67 Å². The third kappa shape index (κ3) is 2.98. The molecule has 1 aromatic rings. The van der Waals surface area contributed by atoms with Crippen LogP contribution in [0.2, 0.25) is 0 Å². The van der Waals surface area contributed by atoms with Crippen molar-refractivity contribution in [3.8, 4) is 0 Å². The van der Waals surface area contributed by atoms with E-state index in [1.807, 2.05) is 36.4 Å². The van der Waals surface area contributed by atoms with E-state index in [0.29, 0.717) is 0 Å². The van der Waals surface area contributed by atoms with Crippen molar-refractivity contribution >= 4 is 11.4 Å². The SMILES string of the molecule is O=C(C1CCNCC1)C1(F)C=CC(c2ccccc2)=CC1. The Hall–Kier alpha value is -1.74. The zero-order valence-electron chi connectivity index (χ0n) is 12.0. The largest absolute Gasteiger partial charge is 0.317 e. The first-order valence-electron chi connectivity index (χ1n) is 7.58. The molecular formula is C18H20FNO. The summed E-state index contributed by atoms with van der Waals surface area (Å²) < 4.78 is 14.9. The highest BCUT2D eigenvalue weighted by atomic mass is 19.1. The van der Waals surface area contributed by atoms with E-state index in [9.17, 15) is 9.18 Å². The van der Waals surface area contributed by atoms with Gasteiger partial charge in [-0.1, -0.05) is 42.5 Å². The van der Waals surface area contributed by atoms with E-state index in [1.54, 1.807) is 6.08 Å². The molecule has 1 atom stereocenters. The minimum atomic E-state index is -1.82. The van der Waals surface area contributed by atoms with Crippen molar-refractivity contribution in [3.05, 3.63) is 54.1 Å². The molecule has 1 aromatic carbocycles. The highest BCUT2D eigenvalue weighted by molar-refractivity contribution is 5.93. The number of rotatable bonds is 3. The summed E-state index contributed by atoms with van der Waals surface area (Å²) in [6.45, 7) is 1.61. The normalized spacial score (nSPS) is 26.4. The minimum Gasteiger partial charge on any atom is -0.317 e. The standard InChI is InChI=1S/C18H20FNO/c19-18(17(21)16-8-12-20-13-9-16)10-6-15(7-11-18)14-4-2-1-3-5-14/h1-7,10,16,20H,8-9,11-13H2. The smallest absolute Gasteiger partial charge is 0.190 e. The molecule has 0 spiro atoms. The number of carbonyl (C=O) groups excluding carboxylic acids is 1. The number of hydrogen-bond acceptors (Lipinski definition) is 2. The summed E-state index contributed by atoms with van der Waals surface area (Å²) in [6, 6.07) is 9.87.